The Hall–Kier alpha value is -6.25. The van der Waals surface area contributed by atoms with E-state index in [1.807, 2.05) is 0 Å². The fourth-order valence-electron chi connectivity index (χ4n) is 9.54. The Kier molecular flexibility index (Phi) is 5.95. The van der Waals surface area contributed by atoms with E-state index in [1.165, 1.54) is 82.7 Å². The van der Waals surface area contributed by atoms with Gasteiger partial charge >= 0.3 is 0 Å². The lowest BCUT2D eigenvalue weighted by Gasteiger charge is -2.31. The summed E-state index contributed by atoms with van der Waals surface area (Å²) in [6, 6.07) is 61.1. The summed E-state index contributed by atoms with van der Waals surface area (Å²) >= 11 is 0. The van der Waals surface area contributed by atoms with E-state index in [-0.39, 0.29) is 0 Å². The minimum absolute atomic E-state index is 0.425. The highest BCUT2D eigenvalue weighted by molar-refractivity contribution is 6.16. The maximum atomic E-state index is 5.10. The summed E-state index contributed by atoms with van der Waals surface area (Å²) in [5.74, 6) is 1.03. The first-order chi connectivity index (χ1) is 25.3. The van der Waals surface area contributed by atoms with E-state index >= 15 is 0 Å². The number of fused-ring (bicyclic) bond motifs is 15. The molecule has 0 saturated carbocycles. The van der Waals surface area contributed by atoms with Crippen LogP contribution in [0.25, 0.3) is 77.3 Å². The second kappa shape index (κ2) is 10.6. The molecule has 1 spiro atoms. The van der Waals surface area contributed by atoms with Crippen molar-refractivity contribution in [3.63, 3.8) is 0 Å². The van der Waals surface area contributed by atoms with Crippen LogP contribution in [0.2, 0.25) is 0 Å². The molecule has 1 aromatic heterocycles. The first-order valence-corrected chi connectivity index (χ1v) is 18.1. The van der Waals surface area contributed by atoms with Crippen LogP contribution in [0, 0.1) is 0 Å². The summed E-state index contributed by atoms with van der Waals surface area (Å²) < 4.78 is 2.37. The number of aromatic nitrogens is 2. The monoisotopic (exact) mass is 650 g/mol. The van der Waals surface area contributed by atoms with Gasteiger partial charge in [-0.2, -0.15) is 0 Å². The number of imidazole rings is 1. The molecule has 240 valence electrons. The van der Waals surface area contributed by atoms with Gasteiger partial charge in [-0.25, -0.2) is 4.98 Å². The minimum Gasteiger partial charge on any atom is -0.324 e. The average molecular weight is 651 g/mol. The van der Waals surface area contributed by atoms with Gasteiger partial charge in [-0.3, -0.25) is 0 Å². The molecule has 0 radical (unpaired) electrons. The second-order valence-electron chi connectivity index (χ2n) is 14.1. The van der Waals surface area contributed by atoms with E-state index in [0.717, 1.165) is 29.9 Å². The molecule has 0 unspecified atom stereocenters. The van der Waals surface area contributed by atoms with Crippen molar-refractivity contribution in [3.8, 4) is 44.8 Å². The fourth-order valence-corrected chi connectivity index (χ4v) is 9.54. The summed E-state index contributed by atoms with van der Waals surface area (Å²) in [6.07, 6.45) is 1.05. The lowest BCUT2D eigenvalue weighted by atomic mass is 9.70. The Morgan fingerprint density at radius 2 is 1.10 bits per heavy atom. The van der Waals surface area contributed by atoms with Crippen LogP contribution in [0.3, 0.4) is 0 Å². The lowest BCUT2D eigenvalue weighted by molar-refractivity contribution is 0.704. The highest BCUT2D eigenvalue weighted by atomic mass is 15.1. The van der Waals surface area contributed by atoms with Crippen molar-refractivity contribution in [1.82, 2.24) is 9.55 Å². The van der Waals surface area contributed by atoms with Crippen molar-refractivity contribution in [2.45, 2.75) is 25.3 Å². The largest absolute Gasteiger partial charge is 0.324 e. The first kappa shape index (κ1) is 28.6. The third-order valence-corrected chi connectivity index (χ3v) is 11.5. The molecule has 2 aliphatic rings. The van der Waals surface area contributed by atoms with Crippen LogP contribution >= 0.6 is 0 Å². The molecule has 0 amide bonds. The number of nitrogens with zero attached hydrogens (tertiary/aromatic N) is 2. The minimum atomic E-state index is -0.425. The van der Waals surface area contributed by atoms with Crippen LogP contribution in [0.15, 0.2) is 164 Å². The van der Waals surface area contributed by atoms with Crippen LogP contribution < -0.4 is 0 Å². The Balaban J connectivity index is 1.21. The van der Waals surface area contributed by atoms with Gasteiger partial charge in [0.1, 0.15) is 5.82 Å². The summed E-state index contributed by atoms with van der Waals surface area (Å²) in [6.45, 7) is 3.17. The van der Waals surface area contributed by atoms with Crippen molar-refractivity contribution in [2.24, 2.45) is 0 Å². The second-order valence-corrected chi connectivity index (χ2v) is 14.1. The zero-order chi connectivity index (χ0) is 33.7. The molecule has 0 saturated heterocycles. The molecular weight excluding hydrogens is 617 g/mol. The number of benzene rings is 8. The van der Waals surface area contributed by atoms with Gasteiger partial charge in [0.15, 0.2) is 0 Å². The number of hydrogen-bond donors (Lipinski definition) is 0. The van der Waals surface area contributed by atoms with Crippen LogP contribution in [0.5, 0.6) is 0 Å². The predicted molar refractivity (Wildman–Crippen MR) is 212 cm³/mol. The van der Waals surface area contributed by atoms with E-state index in [1.54, 1.807) is 0 Å². The molecule has 2 aliphatic carbocycles. The Bertz CT molecular complexity index is 2830. The van der Waals surface area contributed by atoms with Crippen LogP contribution in [-0.4, -0.2) is 9.55 Å². The summed E-state index contributed by atoms with van der Waals surface area (Å²) in [7, 11) is 0. The Morgan fingerprint density at radius 1 is 0.490 bits per heavy atom. The fraction of sp³-hybridized carbons (Fsp3) is 0.0816. The molecule has 0 bridgehead atoms. The van der Waals surface area contributed by atoms with Gasteiger partial charge < -0.3 is 4.57 Å². The molecular formula is C49H34N2. The molecule has 0 aliphatic heterocycles. The van der Waals surface area contributed by atoms with Crippen molar-refractivity contribution in [1.29, 1.82) is 0 Å². The molecule has 0 N–H and O–H groups in total. The maximum Gasteiger partial charge on any atom is 0.141 e. The van der Waals surface area contributed by atoms with E-state index < -0.39 is 5.41 Å². The molecule has 2 nitrogen and oxygen atoms in total. The summed E-state index contributed by atoms with van der Waals surface area (Å²) in [5, 5.41) is 5.16. The molecule has 0 atom stereocenters. The van der Waals surface area contributed by atoms with Crippen LogP contribution in [-0.2, 0) is 12.0 Å². The normalized spacial score (nSPS) is 13.5. The Labute approximate surface area is 297 Å². The quantitative estimate of drug-likeness (QED) is 0.185. The van der Waals surface area contributed by atoms with Crippen LogP contribution in [0.4, 0.5) is 0 Å². The van der Waals surface area contributed by atoms with Gasteiger partial charge in [-0.15, -0.1) is 0 Å². The van der Waals surface area contributed by atoms with Gasteiger partial charge in [0.2, 0.25) is 0 Å². The van der Waals surface area contributed by atoms with Gasteiger partial charge in [0, 0.05) is 12.1 Å². The van der Waals surface area contributed by atoms with Gasteiger partial charge in [0.25, 0.3) is 0 Å². The third-order valence-electron chi connectivity index (χ3n) is 11.5. The van der Waals surface area contributed by atoms with E-state index in [4.69, 9.17) is 4.98 Å². The molecule has 51 heavy (non-hydrogen) atoms. The van der Waals surface area contributed by atoms with Gasteiger partial charge in [0.05, 0.1) is 16.4 Å². The highest BCUT2D eigenvalue weighted by Gasteiger charge is 2.52. The molecule has 0 fully saturated rings. The lowest BCUT2D eigenvalue weighted by Crippen LogP contribution is -2.26. The van der Waals surface area contributed by atoms with Crippen molar-refractivity contribution >= 4 is 32.6 Å². The van der Waals surface area contributed by atoms with E-state index in [2.05, 4.69) is 175 Å². The smallest absolute Gasteiger partial charge is 0.141 e. The van der Waals surface area contributed by atoms with E-state index in [9.17, 15) is 0 Å². The number of rotatable bonds is 4. The SMILES string of the molecule is CCCn1c(-c2ccc(-c3cc4c(c5ccccc35)-c3c(ccc5ccccc35)C43c4ccccc4-c4ccccc43)cc2)nc2ccccc21. The molecule has 2 heteroatoms. The molecule has 1 heterocycles. The number of para-hydroxylation sites is 2. The Morgan fingerprint density at radius 3 is 1.86 bits per heavy atom. The zero-order valence-electron chi connectivity index (χ0n) is 28.4. The summed E-state index contributed by atoms with van der Waals surface area (Å²) in [4.78, 5) is 5.10. The van der Waals surface area contributed by atoms with E-state index in [0.29, 0.717) is 0 Å². The third kappa shape index (κ3) is 3.74. The van der Waals surface area contributed by atoms with Gasteiger partial charge in [-0.05, 0) is 102 Å². The number of hydrogen-bond acceptors (Lipinski definition) is 1. The van der Waals surface area contributed by atoms with Crippen LogP contribution in [0.1, 0.15) is 35.6 Å². The predicted octanol–water partition coefficient (Wildman–Crippen LogP) is 12.4. The number of aryl methyl sites for hydroxylation is 1. The van der Waals surface area contributed by atoms with Gasteiger partial charge in [-0.1, -0.05) is 153 Å². The molecule has 8 aromatic carbocycles. The molecule has 9 aromatic rings. The molecule has 11 rings (SSSR count). The summed E-state index contributed by atoms with van der Waals surface area (Å²) in [5.41, 5.74) is 16.3. The highest BCUT2D eigenvalue weighted by Crippen LogP contribution is 2.65. The first-order valence-electron chi connectivity index (χ1n) is 18.1. The zero-order valence-corrected chi connectivity index (χ0v) is 28.4. The van der Waals surface area contributed by atoms with Crippen molar-refractivity contribution in [2.75, 3.05) is 0 Å². The average Bonchev–Trinajstić information content (AvgIpc) is 3.82. The van der Waals surface area contributed by atoms with Crippen molar-refractivity contribution in [3.05, 3.63) is 186 Å². The van der Waals surface area contributed by atoms with Crippen molar-refractivity contribution < 1.29 is 0 Å². The standard InChI is InChI=1S/C49H34N2/c1-2-29-51-45-22-12-11-21-44(45)50-48(51)33-25-23-32(24-26-33)39-30-43-47(38-18-6-5-15-35(38)39)46-34-14-4-3-13-31(34)27-28-42(46)49(43)40-19-9-7-16-36(40)37-17-8-10-20-41(37)49/h3-28,30H,2,29H2,1H3. The maximum absolute atomic E-state index is 5.10. The topological polar surface area (TPSA) is 17.8 Å².